The Kier molecular flexibility index (Phi) is 2.06. The van der Waals surface area contributed by atoms with Crippen molar-refractivity contribution in [3.8, 4) is 0 Å². The molecular weight excluding hydrogens is 174 g/mol. The van der Waals surface area contributed by atoms with E-state index in [1.807, 2.05) is 18.2 Å². The number of rotatable bonds is 0. The Bertz CT molecular complexity index is 380. The van der Waals surface area contributed by atoms with Crippen molar-refractivity contribution in [2.75, 3.05) is 0 Å². The monoisotopic (exact) mass is 189 g/mol. The zero-order chi connectivity index (χ0) is 10.2. The highest BCUT2D eigenvalue weighted by molar-refractivity contribution is 6.02. The van der Waals surface area contributed by atoms with E-state index in [2.05, 4.69) is 25.1 Å². The molecule has 1 aliphatic carbocycles. The average molecular weight is 189 g/mol. The van der Waals surface area contributed by atoms with Gasteiger partial charge in [0.25, 0.3) is 0 Å². The Morgan fingerprint density at radius 2 is 2.00 bits per heavy atom. The van der Waals surface area contributed by atoms with Crippen molar-refractivity contribution in [3.05, 3.63) is 35.4 Å². The van der Waals surface area contributed by atoms with Gasteiger partial charge >= 0.3 is 0 Å². The molecule has 0 unspecified atom stereocenters. The second kappa shape index (κ2) is 3.12. The van der Waals surface area contributed by atoms with E-state index in [1.54, 1.807) is 0 Å². The van der Waals surface area contributed by atoms with Gasteiger partial charge in [0.05, 0.1) is 5.71 Å². The molecule has 0 aromatic heterocycles. The molecule has 2 nitrogen and oxygen atoms in total. The third-order valence-corrected chi connectivity index (χ3v) is 3.07. The lowest BCUT2D eigenvalue weighted by Crippen LogP contribution is -2.27. The predicted molar refractivity (Wildman–Crippen MR) is 57.0 cm³/mol. The zero-order valence-corrected chi connectivity index (χ0v) is 8.62. The van der Waals surface area contributed by atoms with E-state index >= 15 is 0 Å². The largest absolute Gasteiger partial charge is 0.411 e. The third-order valence-electron chi connectivity index (χ3n) is 3.07. The Balaban J connectivity index is 2.61. The summed E-state index contributed by atoms with van der Waals surface area (Å²) in [6.07, 6.45) is 1.91. The molecule has 14 heavy (non-hydrogen) atoms. The van der Waals surface area contributed by atoms with Crippen molar-refractivity contribution in [2.24, 2.45) is 5.16 Å². The fourth-order valence-electron chi connectivity index (χ4n) is 2.13. The van der Waals surface area contributed by atoms with Crippen LogP contribution in [0.15, 0.2) is 29.4 Å². The van der Waals surface area contributed by atoms with Crippen molar-refractivity contribution >= 4 is 5.71 Å². The van der Waals surface area contributed by atoms with Crippen molar-refractivity contribution in [1.82, 2.24) is 0 Å². The van der Waals surface area contributed by atoms with Gasteiger partial charge in [-0.3, -0.25) is 0 Å². The van der Waals surface area contributed by atoms with Crippen LogP contribution in [0.4, 0.5) is 0 Å². The molecule has 1 aromatic rings. The lowest BCUT2D eigenvalue weighted by Gasteiger charge is -2.32. The van der Waals surface area contributed by atoms with Gasteiger partial charge in [-0.15, -0.1) is 0 Å². The van der Waals surface area contributed by atoms with Crippen LogP contribution in [0.25, 0.3) is 0 Å². The molecule has 0 bridgehead atoms. The van der Waals surface area contributed by atoms with Crippen LogP contribution < -0.4 is 0 Å². The molecular formula is C12H15NO. The van der Waals surface area contributed by atoms with E-state index in [1.165, 1.54) is 5.56 Å². The summed E-state index contributed by atoms with van der Waals surface area (Å²) in [6, 6.07) is 8.19. The van der Waals surface area contributed by atoms with Gasteiger partial charge in [0.1, 0.15) is 0 Å². The molecule has 0 saturated heterocycles. The fourth-order valence-corrected chi connectivity index (χ4v) is 2.13. The van der Waals surface area contributed by atoms with Crippen LogP contribution in [0, 0.1) is 0 Å². The highest BCUT2D eigenvalue weighted by Gasteiger charge is 2.30. The van der Waals surface area contributed by atoms with E-state index in [0.717, 1.165) is 24.1 Å². The summed E-state index contributed by atoms with van der Waals surface area (Å²) in [5, 5.41) is 12.3. The lowest BCUT2D eigenvalue weighted by molar-refractivity contribution is 0.315. The number of oxime groups is 1. The Morgan fingerprint density at radius 1 is 1.29 bits per heavy atom. The average Bonchev–Trinajstić information content (AvgIpc) is 2.18. The van der Waals surface area contributed by atoms with Gasteiger partial charge in [-0.2, -0.15) is 0 Å². The SMILES string of the molecule is CC1(C)CCC(=NO)c2ccccc21. The van der Waals surface area contributed by atoms with Crippen LogP contribution in [0.3, 0.4) is 0 Å². The molecule has 2 rings (SSSR count). The highest BCUT2D eigenvalue weighted by Crippen LogP contribution is 2.36. The van der Waals surface area contributed by atoms with Gasteiger partial charge in [0, 0.05) is 5.56 Å². The molecule has 1 aliphatic rings. The van der Waals surface area contributed by atoms with Gasteiger partial charge in [-0.1, -0.05) is 43.3 Å². The number of nitrogens with zero attached hydrogens (tertiary/aromatic N) is 1. The molecule has 1 N–H and O–H groups in total. The highest BCUT2D eigenvalue weighted by atomic mass is 16.4. The Labute approximate surface area is 84.3 Å². The quantitative estimate of drug-likeness (QED) is 0.494. The Hall–Kier alpha value is -1.31. The third kappa shape index (κ3) is 1.31. The van der Waals surface area contributed by atoms with Crippen molar-refractivity contribution < 1.29 is 5.21 Å². The maximum atomic E-state index is 8.90. The van der Waals surface area contributed by atoms with E-state index in [0.29, 0.717) is 0 Å². The summed E-state index contributed by atoms with van der Waals surface area (Å²) in [6.45, 7) is 4.47. The van der Waals surface area contributed by atoms with Crippen LogP contribution in [0.2, 0.25) is 0 Å². The maximum Gasteiger partial charge on any atom is 0.0871 e. The molecule has 0 amide bonds. The smallest absolute Gasteiger partial charge is 0.0871 e. The van der Waals surface area contributed by atoms with Gasteiger partial charge in [0.15, 0.2) is 0 Å². The Morgan fingerprint density at radius 3 is 2.71 bits per heavy atom. The van der Waals surface area contributed by atoms with E-state index in [9.17, 15) is 0 Å². The van der Waals surface area contributed by atoms with Gasteiger partial charge < -0.3 is 5.21 Å². The predicted octanol–water partition coefficient (Wildman–Crippen LogP) is 2.94. The van der Waals surface area contributed by atoms with Gasteiger partial charge in [-0.25, -0.2) is 0 Å². The van der Waals surface area contributed by atoms with Crippen LogP contribution in [0.1, 0.15) is 37.8 Å². The summed E-state index contributed by atoms with van der Waals surface area (Å²) in [5.74, 6) is 0. The minimum absolute atomic E-state index is 0.199. The normalized spacial score (nSPS) is 22.0. The molecule has 0 spiro atoms. The standard InChI is InChI=1S/C12H15NO/c1-12(2)8-7-11(13-14)9-5-3-4-6-10(9)12/h3-6,14H,7-8H2,1-2H3. The number of hydrogen-bond acceptors (Lipinski definition) is 2. The van der Waals surface area contributed by atoms with Crippen LogP contribution in [0.5, 0.6) is 0 Å². The molecule has 2 heteroatoms. The summed E-state index contributed by atoms with van der Waals surface area (Å²) in [7, 11) is 0. The summed E-state index contributed by atoms with van der Waals surface area (Å²) in [4.78, 5) is 0. The number of hydrogen-bond donors (Lipinski definition) is 1. The lowest BCUT2D eigenvalue weighted by atomic mass is 9.72. The van der Waals surface area contributed by atoms with E-state index in [4.69, 9.17) is 5.21 Å². The number of benzene rings is 1. The van der Waals surface area contributed by atoms with Crippen molar-refractivity contribution in [2.45, 2.75) is 32.1 Å². The van der Waals surface area contributed by atoms with Crippen LogP contribution in [-0.4, -0.2) is 10.9 Å². The molecule has 0 atom stereocenters. The first kappa shape index (κ1) is 9.25. The van der Waals surface area contributed by atoms with E-state index < -0.39 is 0 Å². The maximum absolute atomic E-state index is 8.90. The first-order valence-corrected chi connectivity index (χ1v) is 4.96. The molecule has 0 heterocycles. The number of fused-ring (bicyclic) bond motifs is 1. The molecule has 0 aliphatic heterocycles. The minimum atomic E-state index is 0.199. The zero-order valence-electron chi connectivity index (χ0n) is 8.62. The van der Waals surface area contributed by atoms with Crippen LogP contribution >= 0.6 is 0 Å². The molecule has 0 fully saturated rings. The second-order valence-corrected chi connectivity index (χ2v) is 4.48. The summed E-state index contributed by atoms with van der Waals surface area (Å²) in [5.41, 5.74) is 3.41. The van der Waals surface area contributed by atoms with Crippen LogP contribution in [-0.2, 0) is 5.41 Å². The summed E-state index contributed by atoms with van der Waals surface area (Å²) >= 11 is 0. The molecule has 0 saturated carbocycles. The van der Waals surface area contributed by atoms with Crippen molar-refractivity contribution in [1.29, 1.82) is 0 Å². The minimum Gasteiger partial charge on any atom is -0.411 e. The van der Waals surface area contributed by atoms with Gasteiger partial charge in [0.2, 0.25) is 0 Å². The second-order valence-electron chi connectivity index (χ2n) is 4.48. The van der Waals surface area contributed by atoms with Crippen molar-refractivity contribution in [3.63, 3.8) is 0 Å². The van der Waals surface area contributed by atoms with E-state index in [-0.39, 0.29) is 5.41 Å². The van der Waals surface area contributed by atoms with Gasteiger partial charge in [-0.05, 0) is 23.8 Å². The first-order chi connectivity index (χ1) is 6.65. The topological polar surface area (TPSA) is 32.6 Å². The fraction of sp³-hybridized carbons (Fsp3) is 0.417. The summed E-state index contributed by atoms with van der Waals surface area (Å²) < 4.78 is 0. The molecule has 74 valence electrons. The molecule has 1 aromatic carbocycles. The first-order valence-electron chi connectivity index (χ1n) is 4.96. The molecule has 0 radical (unpaired) electrons.